The lowest BCUT2D eigenvalue weighted by atomic mass is 10.0. The van der Waals surface area contributed by atoms with E-state index in [1.807, 2.05) is 45.9 Å². The van der Waals surface area contributed by atoms with Gasteiger partial charge >= 0.3 is 0 Å². The molecule has 0 spiro atoms. The highest BCUT2D eigenvalue weighted by Gasteiger charge is 2.11. The lowest BCUT2D eigenvalue weighted by molar-refractivity contribution is -0.0444. The predicted octanol–water partition coefficient (Wildman–Crippen LogP) is 4.63. The minimum Gasteiger partial charge on any atom is -0.382 e. The third-order valence-electron chi connectivity index (χ3n) is 4.80. The molecule has 0 saturated carbocycles. The molecule has 0 aliphatic carbocycles. The summed E-state index contributed by atoms with van der Waals surface area (Å²) < 4.78 is 33.3. The molecule has 0 heterocycles. The second-order valence-electron chi connectivity index (χ2n) is 8.23. The van der Waals surface area contributed by atoms with Gasteiger partial charge in [-0.2, -0.15) is 0 Å². The van der Waals surface area contributed by atoms with Crippen molar-refractivity contribution in [2.45, 2.75) is 52.1 Å². The van der Waals surface area contributed by atoms with Crippen molar-refractivity contribution in [1.82, 2.24) is 0 Å². The summed E-state index contributed by atoms with van der Waals surface area (Å²) >= 11 is 0. The standard InChI is InChI=1S/C26H42O6/c1-19(13-29-23(5)17-31-21(3)15-27-7)25-10-9-11-26(12-25)20(2)14-30-24(6)18-32-22(4)16-28-8/h9-12,21-24H,1-2,13-18H2,3-8H3. The molecule has 0 aliphatic heterocycles. The molecule has 32 heavy (non-hydrogen) atoms. The molecule has 6 heteroatoms. The van der Waals surface area contributed by atoms with Crippen molar-refractivity contribution in [3.63, 3.8) is 0 Å². The molecule has 0 fully saturated rings. The first-order chi connectivity index (χ1) is 15.3. The van der Waals surface area contributed by atoms with Crippen LogP contribution in [0.25, 0.3) is 11.1 Å². The Morgan fingerprint density at radius 3 is 1.41 bits per heavy atom. The molecule has 182 valence electrons. The van der Waals surface area contributed by atoms with Crippen LogP contribution in [0.5, 0.6) is 0 Å². The third-order valence-corrected chi connectivity index (χ3v) is 4.80. The number of hydrogen-bond donors (Lipinski definition) is 0. The van der Waals surface area contributed by atoms with Crippen LogP contribution in [0.2, 0.25) is 0 Å². The van der Waals surface area contributed by atoms with Crippen LogP contribution in [-0.4, -0.2) is 78.3 Å². The van der Waals surface area contributed by atoms with Crippen LogP contribution in [0.4, 0.5) is 0 Å². The Labute approximate surface area is 194 Å². The Hall–Kier alpha value is -1.54. The van der Waals surface area contributed by atoms with Crippen molar-refractivity contribution in [3.05, 3.63) is 48.6 Å². The number of ether oxygens (including phenoxy) is 6. The molecule has 0 amide bonds. The normalized spacial score (nSPS) is 15.2. The minimum atomic E-state index is -0.0343. The predicted molar refractivity (Wildman–Crippen MR) is 130 cm³/mol. The van der Waals surface area contributed by atoms with E-state index in [0.29, 0.717) is 39.6 Å². The van der Waals surface area contributed by atoms with Gasteiger partial charge in [0.25, 0.3) is 0 Å². The molecule has 0 N–H and O–H groups in total. The highest BCUT2D eigenvalue weighted by molar-refractivity contribution is 5.71. The molecular weight excluding hydrogens is 408 g/mol. The molecule has 1 aromatic rings. The maximum absolute atomic E-state index is 5.89. The zero-order valence-electron chi connectivity index (χ0n) is 20.7. The average Bonchev–Trinajstić information content (AvgIpc) is 2.78. The zero-order valence-corrected chi connectivity index (χ0v) is 20.7. The Balaban J connectivity index is 2.45. The van der Waals surface area contributed by atoms with Gasteiger partial charge < -0.3 is 28.4 Å². The molecule has 1 aromatic carbocycles. The summed E-state index contributed by atoms with van der Waals surface area (Å²) in [6.45, 7) is 19.3. The Morgan fingerprint density at radius 2 is 1.03 bits per heavy atom. The zero-order chi connectivity index (χ0) is 23.9. The summed E-state index contributed by atoms with van der Waals surface area (Å²) in [6.07, 6.45) is 0.0187. The maximum atomic E-state index is 5.89. The summed E-state index contributed by atoms with van der Waals surface area (Å²) in [7, 11) is 3.33. The van der Waals surface area contributed by atoms with E-state index in [0.717, 1.165) is 22.3 Å². The van der Waals surface area contributed by atoms with Gasteiger partial charge in [0, 0.05) is 14.2 Å². The van der Waals surface area contributed by atoms with E-state index < -0.39 is 0 Å². The molecule has 0 aliphatic rings. The highest BCUT2D eigenvalue weighted by atomic mass is 16.6. The van der Waals surface area contributed by atoms with E-state index in [9.17, 15) is 0 Å². The van der Waals surface area contributed by atoms with Crippen molar-refractivity contribution in [2.75, 3.05) is 53.9 Å². The number of benzene rings is 1. The fourth-order valence-corrected chi connectivity index (χ4v) is 2.87. The fourth-order valence-electron chi connectivity index (χ4n) is 2.87. The molecule has 0 bridgehead atoms. The first-order valence-electron chi connectivity index (χ1n) is 11.2. The Morgan fingerprint density at radius 1 is 0.656 bits per heavy atom. The first-order valence-corrected chi connectivity index (χ1v) is 11.2. The van der Waals surface area contributed by atoms with Gasteiger partial charge in [-0.1, -0.05) is 31.4 Å². The Bertz CT molecular complexity index is 621. The van der Waals surface area contributed by atoms with Crippen molar-refractivity contribution >= 4 is 11.1 Å². The van der Waals surface area contributed by atoms with E-state index in [1.165, 1.54) is 0 Å². The van der Waals surface area contributed by atoms with Crippen molar-refractivity contribution in [2.24, 2.45) is 0 Å². The second-order valence-corrected chi connectivity index (χ2v) is 8.23. The molecular formula is C26H42O6. The topological polar surface area (TPSA) is 55.4 Å². The van der Waals surface area contributed by atoms with Crippen LogP contribution in [0, 0.1) is 0 Å². The number of methoxy groups -OCH3 is 2. The van der Waals surface area contributed by atoms with Crippen LogP contribution in [0.1, 0.15) is 38.8 Å². The van der Waals surface area contributed by atoms with Crippen LogP contribution >= 0.6 is 0 Å². The highest BCUT2D eigenvalue weighted by Crippen LogP contribution is 2.20. The number of rotatable bonds is 18. The molecule has 0 radical (unpaired) electrons. The van der Waals surface area contributed by atoms with Gasteiger partial charge in [0.05, 0.1) is 64.1 Å². The molecule has 6 nitrogen and oxygen atoms in total. The molecule has 0 saturated heterocycles. The summed E-state index contributed by atoms with van der Waals surface area (Å²) in [5.41, 5.74) is 3.86. The van der Waals surface area contributed by atoms with Gasteiger partial charge in [0.2, 0.25) is 0 Å². The maximum Gasteiger partial charge on any atom is 0.0785 e. The SMILES string of the molecule is C=C(COC(C)COC(C)COC)c1cccc(C(=C)COC(C)COC(C)COC)c1. The first kappa shape index (κ1) is 28.5. The van der Waals surface area contributed by atoms with Crippen molar-refractivity contribution in [1.29, 1.82) is 0 Å². The molecule has 0 aromatic heterocycles. The van der Waals surface area contributed by atoms with Gasteiger partial charge in [-0.15, -0.1) is 0 Å². The molecule has 4 atom stereocenters. The smallest absolute Gasteiger partial charge is 0.0785 e. The van der Waals surface area contributed by atoms with E-state index >= 15 is 0 Å². The quantitative estimate of drug-likeness (QED) is 0.325. The summed E-state index contributed by atoms with van der Waals surface area (Å²) in [5, 5.41) is 0. The molecule has 4 unspecified atom stereocenters. The van der Waals surface area contributed by atoms with E-state index in [1.54, 1.807) is 14.2 Å². The van der Waals surface area contributed by atoms with Crippen LogP contribution in [-0.2, 0) is 28.4 Å². The van der Waals surface area contributed by atoms with Gasteiger partial charge in [0.1, 0.15) is 0 Å². The fraction of sp³-hybridized carbons (Fsp3) is 0.615. The van der Waals surface area contributed by atoms with Gasteiger partial charge in [-0.3, -0.25) is 0 Å². The van der Waals surface area contributed by atoms with Gasteiger partial charge in [0.15, 0.2) is 0 Å². The lowest BCUT2D eigenvalue weighted by Crippen LogP contribution is -2.23. The van der Waals surface area contributed by atoms with Gasteiger partial charge in [-0.05, 0) is 56.0 Å². The lowest BCUT2D eigenvalue weighted by Gasteiger charge is -2.19. The summed E-state index contributed by atoms with van der Waals surface area (Å²) in [6, 6.07) is 8.12. The minimum absolute atomic E-state index is 0.0343. The monoisotopic (exact) mass is 450 g/mol. The van der Waals surface area contributed by atoms with Crippen molar-refractivity contribution in [3.8, 4) is 0 Å². The number of hydrogen-bond acceptors (Lipinski definition) is 6. The largest absolute Gasteiger partial charge is 0.382 e. The summed E-state index contributed by atoms with van der Waals surface area (Å²) in [4.78, 5) is 0. The van der Waals surface area contributed by atoms with Crippen LogP contribution < -0.4 is 0 Å². The van der Waals surface area contributed by atoms with Crippen LogP contribution in [0.3, 0.4) is 0 Å². The van der Waals surface area contributed by atoms with E-state index in [4.69, 9.17) is 28.4 Å². The van der Waals surface area contributed by atoms with Crippen LogP contribution in [0.15, 0.2) is 37.4 Å². The molecule has 1 rings (SSSR count). The van der Waals surface area contributed by atoms with E-state index in [2.05, 4.69) is 19.2 Å². The average molecular weight is 451 g/mol. The van der Waals surface area contributed by atoms with Gasteiger partial charge in [-0.25, -0.2) is 0 Å². The second kappa shape index (κ2) is 16.1. The Kier molecular flexibility index (Phi) is 14.4. The third kappa shape index (κ3) is 11.9. The van der Waals surface area contributed by atoms with Crippen molar-refractivity contribution < 1.29 is 28.4 Å². The van der Waals surface area contributed by atoms with E-state index in [-0.39, 0.29) is 24.4 Å². The summed E-state index contributed by atoms with van der Waals surface area (Å²) in [5.74, 6) is 0.